The standard InChI is InChI=1S/C12H20O3.C4H10O2.C2H6/c1-3-4-7-12(2)15-11-6-10-14-9-5-8-13;1-6-4-2-3-5;1-2/h3-4,7,13H,1-2,5-6,8-11H2;5H,2-4H2,1H3;1-2H3/b7-4-;;. The Kier molecular flexibility index (Phi) is 33.7. The van der Waals surface area contributed by atoms with Crippen LogP contribution in [0.4, 0.5) is 0 Å². The molecule has 0 spiro atoms. The molecule has 0 aromatic heterocycles. The van der Waals surface area contributed by atoms with E-state index in [1.165, 1.54) is 0 Å². The summed E-state index contributed by atoms with van der Waals surface area (Å²) in [5.41, 5.74) is 0. The van der Waals surface area contributed by atoms with E-state index < -0.39 is 0 Å². The first kappa shape index (κ1) is 26.7. The molecule has 0 aromatic carbocycles. The normalized spacial score (nSPS) is 9.43. The average Bonchev–Trinajstić information content (AvgIpc) is 2.59. The molecule has 0 saturated carbocycles. The molecule has 5 heteroatoms. The Balaban J connectivity index is -0.000000418. The molecule has 0 heterocycles. The van der Waals surface area contributed by atoms with Crippen LogP contribution in [0.3, 0.4) is 0 Å². The molecule has 0 aliphatic carbocycles. The van der Waals surface area contributed by atoms with Crippen LogP contribution < -0.4 is 0 Å². The van der Waals surface area contributed by atoms with Crippen LogP contribution in [0.2, 0.25) is 0 Å². The van der Waals surface area contributed by atoms with Crippen LogP contribution in [0, 0.1) is 0 Å². The van der Waals surface area contributed by atoms with E-state index >= 15 is 0 Å². The zero-order valence-electron chi connectivity index (χ0n) is 15.1. The zero-order chi connectivity index (χ0) is 18.2. The summed E-state index contributed by atoms with van der Waals surface area (Å²) in [7, 11) is 1.62. The summed E-state index contributed by atoms with van der Waals surface area (Å²) >= 11 is 0. The Bertz CT molecular complexity index is 248. The van der Waals surface area contributed by atoms with Gasteiger partial charge in [-0.25, -0.2) is 0 Å². The Morgan fingerprint density at radius 2 is 1.52 bits per heavy atom. The summed E-state index contributed by atoms with van der Waals surface area (Å²) < 4.78 is 15.1. The van der Waals surface area contributed by atoms with Crippen molar-refractivity contribution in [3.63, 3.8) is 0 Å². The van der Waals surface area contributed by atoms with Gasteiger partial charge in [0.25, 0.3) is 0 Å². The molecule has 0 aromatic rings. The third-order valence-electron chi connectivity index (χ3n) is 2.09. The average molecular weight is 332 g/mol. The second-order valence-electron chi connectivity index (χ2n) is 4.02. The number of allylic oxidation sites excluding steroid dienone is 3. The third kappa shape index (κ3) is 33.6. The first-order chi connectivity index (χ1) is 11.2. The molecule has 23 heavy (non-hydrogen) atoms. The molecule has 0 aliphatic heterocycles. The summed E-state index contributed by atoms with van der Waals surface area (Å²) in [4.78, 5) is 0. The van der Waals surface area contributed by atoms with Crippen molar-refractivity contribution in [1.82, 2.24) is 0 Å². The van der Waals surface area contributed by atoms with E-state index in [2.05, 4.69) is 17.9 Å². The SMILES string of the molecule is C=C/C=C\C(=C)OCCCOCCCO.CC.COCCCO. The smallest absolute Gasteiger partial charge is 0.112 e. The van der Waals surface area contributed by atoms with E-state index in [9.17, 15) is 0 Å². The Morgan fingerprint density at radius 1 is 0.957 bits per heavy atom. The fraction of sp³-hybridized carbons (Fsp3) is 0.667. The lowest BCUT2D eigenvalue weighted by atomic mass is 10.4. The van der Waals surface area contributed by atoms with Crippen molar-refractivity contribution in [2.24, 2.45) is 0 Å². The first-order valence-electron chi connectivity index (χ1n) is 8.12. The lowest BCUT2D eigenvalue weighted by molar-refractivity contribution is 0.0963. The number of hydrogen-bond donors (Lipinski definition) is 2. The van der Waals surface area contributed by atoms with Gasteiger partial charge >= 0.3 is 0 Å². The summed E-state index contributed by atoms with van der Waals surface area (Å²) in [6, 6.07) is 0. The summed E-state index contributed by atoms with van der Waals surface area (Å²) in [6.07, 6.45) is 7.48. The lowest BCUT2D eigenvalue weighted by Crippen LogP contribution is -2.02. The molecule has 0 radical (unpaired) electrons. The third-order valence-corrected chi connectivity index (χ3v) is 2.09. The van der Waals surface area contributed by atoms with Crippen LogP contribution in [0.15, 0.2) is 37.1 Å². The van der Waals surface area contributed by atoms with Gasteiger partial charge in [-0.3, -0.25) is 0 Å². The molecule has 138 valence electrons. The second-order valence-corrected chi connectivity index (χ2v) is 4.02. The minimum Gasteiger partial charge on any atom is -0.494 e. The molecule has 5 nitrogen and oxygen atoms in total. The Morgan fingerprint density at radius 3 is 2.00 bits per heavy atom. The van der Waals surface area contributed by atoms with Crippen LogP contribution in [0.1, 0.15) is 33.1 Å². The summed E-state index contributed by atoms with van der Waals surface area (Å²) in [5.74, 6) is 0.630. The zero-order valence-corrected chi connectivity index (χ0v) is 15.1. The number of ether oxygens (including phenoxy) is 3. The maximum absolute atomic E-state index is 8.49. The van der Waals surface area contributed by atoms with E-state index in [-0.39, 0.29) is 13.2 Å². The molecule has 0 fully saturated rings. The number of aliphatic hydroxyl groups excluding tert-OH is 2. The molecule has 0 rings (SSSR count). The predicted octanol–water partition coefficient (Wildman–Crippen LogP) is 3.09. The highest BCUT2D eigenvalue weighted by atomic mass is 16.5. The minimum absolute atomic E-state index is 0.180. The van der Waals surface area contributed by atoms with Crippen LogP contribution in [0.5, 0.6) is 0 Å². The van der Waals surface area contributed by atoms with E-state index in [0.29, 0.717) is 38.6 Å². The molecule has 0 saturated heterocycles. The molecule has 0 bridgehead atoms. The van der Waals surface area contributed by atoms with E-state index in [0.717, 1.165) is 12.8 Å². The van der Waals surface area contributed by atoms with Gasteiger partial charge in [-0.1, -0.05) is 39.2 Å². The molecule has 2 N–H and O–H groups in total. The topological polar surface area (TPSA) is 68.2 Å². The molecular formula is C18H36O5. The molecule has 0 aliphatic rings. The van der Waals surface area contributed by atoms with Crippen LogP contribution >= 0.6 is 0 Å². The van der Waals surface area contributed by atoms with E-state index in [1.807, 2.05) is 13.8 Å². The van der Waals surface area contributed by atoms with Crippen LogP contribution in [0.25, 0.3) is 0 Å². The number of methoxy groups -OCH3 is 1. The van der Waals surface area contributed by atoms with Crippen molar-refractivity contribution in [1.29, 1.82) is 0 Å². The van der Waals surface area contributed by atoms with Gasteiger partial charge in [0.05, 0.1) is 6.61 Å². The highest BCUT2D eigenvalue weighted by molar-refractivity contribution is 5.12. The number of hydrogen-bond acceptors (Lipinski definition) is 5. The highest BCUT2D eigenvalue weighted by Crippen LogP contribution is 1.97. The van der Waals surface area contributed by atoms with Crippen molar-refractivity contribution >= 4 is 0 Å². The van der Waals surface area contributed by atoms with Gasteiger partial charge in [-0.05, 0) is 18.9 Å². The Labute approximate surface area is 142 Å². The van der Waals surface area contributed by atoms with Crippen molar-refractivity contribution in [2.45, 2.75) is 33.1 Å². The minimum atomic E-state index is 0.180. The van der Waals surface area contributed by atoms with Gasteiger partial charge < -0.3 is 24.4 Å². The fourth-order valence-electron chi connectivity index (χ4n) is 1.07. The van der Waals surface area contributed by atoms with Gasteiger partial charge in [-0.15, -0.1) is 0 Å². The van der Waals surface area contributed by atoms with Gasteiger partial charge in [0, 0.05) is 46.6 Å². The summed E-state index contributed by atoms with van der Waals surface area (Å²) in [5, 5.41) is 16.6. The maximum Gasteiger partial charge on any atom is 0.112 e. The molecule has 0 amide bonds. The number of aliphatic hydroxyl groups is 2. The van der Waals surface area contributed by atoms with Gasteiger partial charge in [0.1, 0.15) is 5.76 Å². The van der Waals surface area contributed by atoms with Gasteiger partial charge in [0.15, 0.2) is 0 Å². The monoisotopic (exact) mass is 332 g/mol. The van der Waals surface area contributed by atoms with Crippen LogP contribution in [-0.2, 0) is 14.2 Å². The summed E-state index contributed by atoms with van der Waals surface area (Å²) in [6.45, 7) is 14.2. The van der Waals surface area contributed by atoms with Gasteiger partial charge in [0.2, 0.25) is 0 Å². The highest BCUT2D eigenvalue weighted by Gasteiger charge is 1.91. The first-order valence-corrected chi connectivity index (χ1v) is 8.12. The Hall–Kier alpha value is -1.14. The fourth-order valence-corrected chi connectivity index (χ4v) is 1.07. The van der Waals surface area contributed by atoms with Crippen LogP contribution in [-0.4, -0.2) is 57.0 Å². The van der Waals surface area contributed by atoms with Gasteiger partial charge in [-0.2, -0.15) is 0 Å². The van der Waals surface area contributed by atoms with Crippen molar-refractivity contribution < 1.29 is 24.4 Å². The number of rotatable bonds is 13. The quantitative estimate of drug-likeness (QED) is 0.308. The van der Waals surface area contributed by atoms with Crippen molar-refractivity contribution in [3.8, 4) is 0 Å². The largest absolute Gasteiger partial charge is 0.494 e. The predicted molar refractivity (Wildman–Crippen MR) is 96.5 cm³/mol. The molecule has 0 unspecified atom stereocenters. The maximum atomic E-state index is 8.49. The van der Waals surface area contributed by atoms with E-state index in [4.69, 9.17) is 19.7 Å². The van der Waals surface area contributed by atoms with Crippen molar-refractivity contribution in [2.75, 3.05) is 46.8 Å². The lowest BCUT2D eigenvalue weighted by Gasteiger charge is -2.05. The molecular weight excluding hydrogens is 296 g/mol. The van der Waals surface area contributed by atoms with Crippen molar-refractivity contribution in [3.05, 3.63) is 37.1 Å². The second kappa shape index (κ2) is 28.9. The van der Waals surface area contributed by atoms with E-state index in [1.54, 1.807) is 25.3 Å². The molecule has 0 atom stereocenters.